The van der Waals surface area contributed by atoms with Crippen molar-refractivity contribution in [2.75, 3.05) is 13.1 Å². The molecule has 2 aromatic heterocycles. The third kappa shape index (κ3) is 3.02. The zero-order chi connectivity index (χ0) is 18.4. The molecule has 0 aliphatic carbocycles. The van der Waals surface area contributed by atoms with Crippen molar-refractivity contribution in [3.8, 4) is 11.3 Å². The fourth-order valence-electron chi connectivity index (χ4n) is 4.64. The minimum Gasteiger partial charge on any atom is -0.464 e. The molecule has 4 nitrogen and oxygen atoms in total. The van der Waals surface area contributed by atoms with Gasteiger partial charge in [-0.3, -0.25) is 9.69 Å². The molecule has 2 bridgehead atoms. The number of furan rings is 1. The average Bonchev–Trinajstić information content (AvgIpc) is 3.19. The van der Waals surface area contributed by atoms with E-state index >= 15 is 0 Å². The number of pyridine rings is 1. The normalized spacial score (nSPS) is 21.8. The molecule has 2 atom stereocenters. The van der Waals surface area contributed by atoms with E-state index in [1.54, 1.807) is 12.3 Å². The van der Waals surface area contributed by atoms with E-state index in [4.69, 9.17) is 4.42 Å². The Hall–Kier alpha value is -2.66. The fraction of sp³-hybridized carbons (Fsp3) is 0.318. The Morgan fingerprint density at radius 2 is 1.89 bits per heavy atom. The summed E-state index contributed by atoms with van der Waals surface area (Å²) in [5.74, 6) is 1.25. The summed E-state index contributed by atoms with van der Waals surface area (Å²) in [5.41, 5.74) is 2.92. The van der Waals surface area contributed by atoms with E-state index < -0.39 is 0 Å². The molecule has 0 amide bonds. The summed E-state index contributed by atoms with van der Waals surface area (Å²) in [5, 5.41) is 0. The molecule has 1 fully saturated rings. The second kappa shape index (κ2) is 6.50. The van der Waals surface area contributed by atoms with Crippen molar-refractivity contribution < 1.29 is 8.81 Å². The molecular weight excluding hydrogens is 343 g/mol. The van der Waals surface area contributed by atoms with Crippen molar-refractivity contribution in [2.24, 2.45) is 5.92 Å². The molecule has 0 saturated carbocycles. The Balaban J connectivity index is 1.42. The lowest BCUT2D eigenvalue weighted by Crippen LogP contribution is -2.46. The molecule has 138 valence electrons. The van der Waals surface area contributed by atoms with Crippen LogP contribution in [-0.4, -0.2) is 22.6 Å². The lowest BCUT2D eigenvalue weighted by molar-refractivity contribution is 0.114. The molecule has 0 spiro atoms. The first-order chi connectivity index (χ1) is 13.2. The van der Waals surface area contributed by atoms with Crippen LogP contribution in [0.1, 0.15) is 23.6 Å². The van der Waals surface area contributed by atoms with Crippen LogP contribution in [0.4, 0.5) is 4.39 Å². The standard InChI is InChI=1S/C22H21FN2O2/c23-18-5-3-15(4-6-18)11-24-12-16-10-17(14-24)20-8-7-19(21-2-1-9-27-21)22(26)25(20)13-16/h1-9,16-17H,10-14H2. The minimum absolute atomic E-state index is 0.0455. The van der Waals surface area contributed by atoms with Crippen molar-refractivity contribution in [1.82, 2.24) is 9.47 Å². The van der Waals surface area contributed by atoms with Crippen molar-refractivity contribution in [3.63, 3.8) is 0 Å². The van der Waals surface area contributed by atoms with Crippen LogP contribution >= 0.6 is 0 Å². The fourth-order valence-corrected chi connectivity index (χ4v) is 4.64. The van der Waals surface area contributed by atoms with Gasteiger partial charge < -0.3 is 8.98 Å². The van der Waals surface area contributed by atoms with Crippen LogP contribution < -0.4 is 5.56 Å². The van der Waals surface area contributed by atoms with E-state index in [9.17, 15) is 9.18 Å². The monoisotopic (exact) mass is 364 g/mol. The zero-order valence-corrected chi connectivity index (χ0v) is 15.0. The molecule has 5 rings (SSSR count). The van der Waals surface area contributed by atoms with E-state index in [0.29, 0.717) is 23.2 Å². The van der Waals surface area contributed by atoms with Crippen LogP contribution in [0.3, 0.4) is 0 Å². The van der Waals surface area contributed by atoms with Crippen molar-refractivity contribution >= 4 is 0 Å². The largest absolute Gasteiger partial charge is 0.464 e. The quantitative estimate of drug-likeness (QED) is 0.708. The van der Waals surface area contributed by atoms with Gasteiger partial charge in [0.1, 0.15) is 11.6 Å². The van der Waals surface area contributed by atoms with Crippen LogP contribution in [0.2, 0.25) is 0 Å². The molecule has 2 unspecified atom stereocenters. The van der Waals surface area contributed by atoms with Gasteiger partial charge in [-0.2, -0.15) is 0 Å². The van der Waals surface area contributed by atoms with Crippen molar-refractivity contribution in [3.05, 3.63) is 82.2 Å². The molecular formula is C22H21FN2O2. The topological polar surface area (TPSA) is 38.4 Å². The lowest BCUT2D eigenvalue weighted by Gasteiger charge is -2.43. The van der Waals surface area contributed by atoms with Gasteiger partial charge in [-0.25, -0.2) is 4.39 Å². The molecule has 27 heavy (non-hydrogen) atoms. The highest BCUT2D eigenvalue weighted by atomic mass is 19.1. The van der Waals surface area contributed by atoms with Crippen LogP contribution in [-0.2, 0) is 13.1 Å². The number of nitrogens with zero attached hydrogens (tertiary/aromatic N) is 2. The van der Waals surface area contributed by atoms with Gasteiger partial charge in [0.15, 0.2) is 0 Å². The predicted octanol–water partition coefficient (Wildman–Crippen LogP) is 3.87. The highest BCUT2D eigenvalue weighted by molar-refractivity contribution is 5.56. The Bertz CT molecular complexity index is 1010. The van der Waals surface area contributed by atoms with Crippen LogP contribution in [0.5, 0.6) is 0 Å². The summed E-state index contributed by atoms with van der Waals surface area (Å²) >= 11 is 0. The number of hydrogen-bond donors (Lipinski definition) is 0. The van der Waals surface area contributed by atoms with Gasteiger partial charge in [-0.05, 0) is 54.3 Å². The molecule has 3 aromatic rings. The Kier molecular flexibility index (Phi) is 3.97. The van der Waals surface area contributed by atoms with Gasteiger partial charge >= 0.3 is 0 Å². The summed E-state index contributed by atoms with van der Waals surface area (Å²) in [6.07, 6.45) is 2.72. The van der Waals surface area contributed by atoms with E-state index in [1.807, 2.05) is 28.8 Å². The van der Waals surface area contributed by atoms with Gasteiger partial charge in [-0.15, -0.1) is 0 Å². The van der Waals surface area contributed by atoms with Gasteiger partial charge in [-0.1, -0.05) is 12.1 Å². The van der Waals surface area contributed by atoms with Gasteiger partial charge in [0, 0.05) is 37.8 Å². The highest BCUT2D eigenvalue weighted by Gasteiger charge is 2.35. The Labute approximate surface area is 156 Å². The molecule has 1 aromatic carbocycles. The summed E-state index contributed by atoms with van der Waals surface area (Å²) in [4.78, 5) is 15.4. The Morgan fingerprint density at radius 3 is 2.67 bits per heavy atom. The van der Waals surface area contributed by atoms with E-state index in [2.05, 4.69) is 11.0 Å². The van der Waals surface area contributed by atoms with Crippen molar-refractivity contribution in [1.29, 1.82) is 0 Å². The number of fused-ring (bicyclic) bond motifs is 4. The number of hydrogen-bond acceptors (Lipinski definition) is 3. The van der Waals surface area contributed by atoms with E-state index in [1.165, 1.54) is 12.1 Å². The predicted molar refractivity (Wildman–Crippen MR) is 101 cm³/mol. The first kappa shape index (κ1) is 16.5. The average molecular weight is 364 g/mol. The molecule has 5 heteroatoms. The molecule has 2 aliphatic heterocycles. The van der Waals surface area contributed by atoms with Crippen LogP contribution in [0.15, 0.2) is 64.0 Å². The lowest BCUT2D eigenvalue weighted by atomic mass is 9.82. The van der Waals surface area contributed by atoms with Gasteiger partial charge in [0.05, 0.1) is 11.8 Å². The van der Waals surface area contributed by atoms with Crippen LogP contribution in [0.25, 0.3) is 11.3 Å². The maximum Gasteiger partial charge on any atom is 0.261 e. The smallest absolute Gasteiger partial charge is 0.261 e. The maximum atomic E-state index is 13.1. The second-order valence-electron chi connectivity index (χ2n) is 7.68. The maximum absolute atomic E-state index is 13.1. The zero-order valence-electron chi connectivity index (χ0n) is 15.0. The molecule has 4 heterocycles. The number of aromatic nitrogens is 1. The highest BCUT2D eigenvalue weighted by Crippen LogP contribution is 2.36. The first-order valence-corrected chi connectivity index (χ1v) is 9.42. The molecule has 1 saturated heterocycles. The van der Waals surface area contributed by atoms with Gasteiger partial charge in [0.2, 0.25) is 0 Å². The summed E-state index contributed by atoms with van der Waals surface area (Å²) in [6.45, 7) is 3.46. The number of rotatable bonds is 3. The molecule has 0 radical (unpaired) electrons. The first-order valence-electron chi connectivity index (χ1n) is 9.42. The number of piperidine rings is 1. The third-order valence-electron chi connectivity index (χ3n) is 5.79. The van der Waals surface area contributed by atoms with Crippen LogP contribution in [0, 0.1) is 11.7 Å². The number of benzene rings is 1. The third-order valence-corrected chi connectivity index (χ3v) is 5.79. The second-order valence-corrected chi connectivity index (χ2v) is 7.68. The van der Waals surface area contributed by atoms with Crippen molar-refractivity contribution in [2.45, 2.75) is 25.4 Å². The molecule has 0 N–H and O–H groups in total. The summed E-state index contributed by atoms with van der Waals surface area (Å²) in [7, 11) is 0. The van der Waals surface area contributed by atoms with E-state index in [-0.39, 0.29) is 11.4 Å². The SMILES string of the molecule is O=c1c(-c2ccco2)ccc2n1CC1CC2CN(Cc2ccc(F)cc2)C1. The number of likely N-dealkylation sites (tertiary alicyclic amines) is 1. The van der Waals surface area contributed by atoms with E-state index in [0.717, 1.165) is 43.9 Å². The van der Waals surface area contributed by atoms with Gasteiger partial charge in [0.25, 0.3) is 5.56 Å². The Morgan fingerprint density at radius 1 is 1.04 bits per heavy atom. The minimum atomic E-state index is -0.199. The number of halogens is 1. The summed E-state index contributed by atoms with van der Waals surface area (Å²) in [6, 6.07) is 14.4. The summed E-state index contributed by atoms with van der Waals surface area (Å²) < 4.78 is 20.5. The molecule has 2 aliphatic rings.